The summed E-state index contributed by atoms with van der Waals surface area (Å²) in [6, 6.07) is 4.66. The van der Waals surface area contributed by atoms with E-state index < -0.39 is 39.2 Å². The number of morpholine rings is 1. The van der Waals surface area contributed by atoms with Gasteiger partial charge in [0.05, 0.1) is 31.3 Å². The minimum absolute atomic E-state index is 0.0827. The molecule has 9 nitrogen and oxygen atoms in total. The molecule has 1 N–H and O–H groups in total. The molecule has 0 saturated carbocycles. The molecule has 0 aromatic heterocycles. The van der Waals surface area contributed by atoms with E-state index in [2.05, 4.69) is 5.32 Å². The summed E-state index contributed by atoms with van der Waals surface area (Å²) in [5.74, 6) is -2.57. The molecule has 1 heterocycles. The Labute approximate surface area is 155 Å². The normalized spacial score (nSPS) is 15.0. The first-order valence-electron chi connectivity index (χ1n) is 8.04. The molecule has 1 saturated heterocycles. The highest BCUT2D eigenvalue weighted by molar-refractivity contribution is 7.89. The Hall–Kier alpha value is -2.55. The quantitative estimate of drug-likeness (QED) is 0.506. The standard InChI is InChI=1S/C16H18FN3O6S/c17-13-3-2-12(16(22)26-11-15(21)19-5-1-4-18)10-14(13)27(23,24)20-6-8-25-9-7-20/h2-3,10H,1,5-9,11H2,(H,19,21). The highest BCUT2D eigenvalue weighted by Crippen LogP contribution is 2.22. The number of ether oxygens (including phenoxy) is 2. The van der Waals surface area contributed by atoms with E-state index in [1.807, 2.05) is 6.07 Å². The number of hydrogen-bond acceptors (Lipinski definition) is 7. The predicted molar refractivity (Wildman–Crippen MR) is 89.5 cm³/mol. The van der Waals surface area contributed by atoms with Crippen molar-refractivity contribution in [3.05, 3.63) is 29.6 Å². The number of carbonyl (C=O) groups excluding carboxylic acids is 2. The number of sulfonamides is 1. The second kappa shape index (κ2) is 9.40. The molecule has 0 bridgehead atoms. The maximum Gasteiger partial charge on any atom is 0.338 e. The molecule has 1 fully saturated rings. The molecular weight excluding hydrogens is 381 g/mol. The van der Waals surface area contributed by atoms with E-state index in [0.717, 1.165) is 22.5 Å². The average Bonchev–Trinajstić information content (AvgIpc) is 2.67. The van der Waals surface area contributed by atoms with Crippen molar-refractivity contribution >= 4 is 21.9 Å². The number of carbonyl (C=O) groups is 2. The molecule has 0 aliphatic carbocycles. The van der Waals surface area contributed by atoms with Crippen molar-refractivity contribution in [2.24, 2.45) is 0 Å². The van der Waals surface area contributed by atoms with Gasteiger partial charge in [-0.25, -0.2) is 17.6 Å². The highest BCUT2D eigenvalue weighted by Gasteiger charge is 2.30. The molecule has 11 heteroatoms. The number of nitrogens with one attached hydrogen (secondary N) is 1. The SMILES string of the molecule is N#CCCNC(=O)COC(=O)c1ccc(F)c(S(=O)(=O)N2CCOCC2)c1. The van der Waals surface area contributed by atoms with Crippen LogP contribution in [-0.2, 0) is 24.3 Å². The molecule has 0 unspecified atom stereocenters. The van der Waals surface area contributed by atoms with Crippen LogP contribution in [0.3, 0.4) is 0 Å². The van der Waals surface area contributed by atoms with Crippen LogP contribution in [0.4, 0.5) is 4.39 Å². The second-order valence-corrected chi connectivity index (χ2v) is 7.40. The molecule has 27 heavy (non-hydrogen) atoms. The first kappa shape index (κ1) is 20.8. The van der Waals surface area contributed by atoms with E-state index >= 15 is 0 Å². The summed E-state index contributed by atoms with van der Waals surface area (Å²) in [6.07, 6.45) is 0.112. The van der Waals surface area contributed by atoms with Gasteiger partial charge in [-0.3, -0.25) is 4.79 Å². The number of benzene rings is 1. The van der Waals surface area contributed by atoms with E-state index in [-0.39, 0.29) is 44.8 Å². The minimum atomic E-state index is -4.13. The Balaban J connectivity index is 2.08. The van der Waals surface area contributed by atoms with E-state index in [1.165, 1.54) is 0 Å². The summed E-state index contributed by atoms with van der Waals surface area (Å²) < 4.78 is 50.2. The number of hydrogen-bond donors (Lipinski definition) is 1. The molecule has 0 radical (unpaired) electrons. The topological polar surface area (TPSA) is 126 Å². The van der Waals surface area contributed by atoms with Gasteiger partial charge in [-0.2, -0.15) is 9.57 Å². The van der Waals surface area contributed by atoms with Gasteiger partial charge in [0.2, 0.25) is 10.0 Å². The van der Waals surface area contributed by atoms with E-state index in [1.54, 1.807) is 0 Å². The monoisotopic (exact) mass is 399 g/mol. The Morgan fingerprint density at radius 2 is 2.04 bits per heavy atom. The first-order chi connectivity index (χ1) is 12.9. The summed E-state index contributed by atoms with van der Waals surface area (Å²) in [5, 5.41) is 10.7. The number of rotatable bonds is 7. The van der Waals surface area contributed by atoms with Crippen LogP contribution >= 0.6 is 0 Å². The van der Waals surface area contributed by atoms with Crippen molar-refractivity contribution in [2.45, 2.75) is 11.3 Å². The lowest BCUT2D eigenvalue weighted by Gasteiger charge is -2.26. The zero-order chi connectivity index (χ0) is 19.9. The fraction of sp³-hybridized carbons (Fsp3) is 0.438. The van der Waals surface area contributed by atoms with Gasteiger partial charge >= 0.3 is 5.97 Å². The lowest BCUT2D eigenvalue weighted by molar-refractivity contribution is -0.124. The maximum absolute atomic E-state index is 14.1. The van der Waals surface area contributed by atoms with Crippen LogP contribution in [0.15, 0.2) is 23.1 Å². The molecule has 1 amide bonds. The van der Waals surface area contributed by atoms with Gasteiger partial charge in [-0.15, -0.1) is 0 Å². The summed E-state index contributed by atoms with van der Waals surface area (Å²) >= 11 is 0. The van der Waals surface area contributed by atoms with Gasteiger partial charge in [-0.05, 0) is 18.2 Å². The van der Waals surface area contributed by atoms with Gasteiger partial charge < -0.3 is 14.8 Å². The molecule has 1 aliphatic heterocycles. The van der Waals surface area contributed by atoms with Crippen molar-refractivity contribution in [3.63, 3.8) is 0 Å². The Morgan fingerprint density at radius 3 is 2.70 bits per heavy atom. The van der Waals surface area contributed by atoms with Crippen LogP contribution in [0.1, 0.15) is 16.8 Å². The molecule has 1 aliphatic rings. The fourth-order valence-electron chi connectivity index (χ4n) is 2.28. The number of nitrogens with zero attached hydrogens (tertiary/aromatic N) is 2. The third kappa shape index (κ3) is 5.46. The molecular formula is C16H18FN3O6S. The predicted octanol–water partition coefficient (Wildman–Crippen LogP) is 0.0333. The van der Waals surface area contributed by atoms with Crippen molar-refractivity contribution < 1.29 is 31.9 Å². The van der Waals surface area contributed by atoms with E-state index in [9.17, 15) is 22.4 Å². The van der Waals surface area contributed by atoms with Crippen LogP contribution in [0, 0.1) is 17.1 Å². The highest BCUT2D eigenvalue weighted by atomic mass is 32.2. The van der Waals surface area contributed by atoms with Crippen LogP contribution in [0.2, 0.25) is 0 Å². The Bertz CT molecular complexity index is 846. The zero-order valence-electron chi connectivity index (χ0n) is 14.3. The lowest BCUT2D eigenvalue weighted by atomic mass is 10.2. The number of nitriles is 1. The van der Waals surface area contributed by atoms with Gasteiger partial charge in [0.15, 0.2) is 6.61 Å². The Kier molecular flexibility index (Phi) is 7.23. The second-order valence-electron chi connectivity index (χ2n) is 5.50. The maximum atomic E-state index is 14.1. The van der Waals surface area contributed by atoms with Crippen LogP contribution in [-0.4, -0.2) is 64.1 Å². The zero-order valence-corrected chi connectivity index (χ0v) is 15.1. The van der Waals surface area contributed by atoms with Crippen LogP contribution in [0.25, 0.3) is 0 Å². The average molecular weight is 399 g/mol. The van der Waals surface area contributed by atoms with Crippen molar-refractivity contribution in [1.82, 2.24) is 9.62 Å². The molecule has 1 aromatic carbocycles. The summed E-state index contributed by atoms with van der Waals surface area (Å²) in [6.45, 7) is 0.0736. The minimum Gasteiger partial charge on any atom is -0.452 e. The largest absolute Gasteiger partial charge is 0.452 e. The molecule has 0 atom stereocenters. The molecule has 2 rings (SSSR count). The van der Waals surface area contributed by atoms with Crippen molar-refractivity contribution in [2.75, 3.05) is 39.5 Å². The van der Waals surface area contributed by atoms with Crippen LogP contribution < -0.4 is 5.32 Å². The van der Waals surface area contributed by atoms with Gasteiger partial charge in [0, 0.05) is 19.6 Å². The van der Waals surface area contributed by atoms with Crippen molar-refractivity contribution in [1.29, 1.82) is 5.26 Å². The van der Waals surface area contributed by atoms with Gasteiger partial charge in [0.25, 0.3) is 5.91 Å². The molecule has 1 aromatic rings. The lowest BCUT2D eigenvalue weighted by Crippen LogP contribution is -2.41. The van der Waals surface area contributed by atoms with E-state index in [4.69, 9.17) is 14.7 Å². The van der Waals surface area contributed by atoms with Crippen molar-refractivity contribution in [3.8, 4) is 6.07 Å². The molecule has 146 valence electrons. The summed E-state index contributed by atoms with van der Waals surface area (Å²) in [7, 11) is -4.13. The summed E-state index contributed by atoms with van der Waals surface area (Å²) in [4.78, 5) is 22.9. The number of amides is 1. The van der Waals surface area contributed by atoms with Gasteiger partial charge in [0.1, 0.15) is 10.7 Å². The number of halogens is 1. The smallest absolute Gasteiger partial charge is 0.338 e. The Morgan fingerprint density at radius 1 is 1.33 bits per heavy atom. The van der Waals surface area contributed by atoms with Gasteiger partial charge in [-0.1, -0.05) is 0 Å². The number of esters is 1. The van der Waals surface area contributed by atoms with Crippen LogP contribution in [0.5, 0.6) is 0 Å². The fourth-order valence-corrected chi connectivity index (χ4v) is 3.78. The molecule has 0 spiro atoms. The first-order valence-corrected chi connectivity index (χ1v) is 9.48. The summed E-state index contributed by atoms with van der Waals surface area (Å²) in [5.41, 5.74) is -0.201. The third-order valence-electron chi connectivity index (χ3n) is 3.65. The van der Waals surface area contributed by atoms with E-state index in [0.29, 0.717) is 0 Å². The third-order valence-corrected chi connectivity index (χ3v) is 5.56.